The number of nitrogens with zero attached hydrogens (tertiary/aromatic N) is 1. The molecule has 1 aromatic heterocycles. The number of benzene rings is 2. The van der Waals surface area contributed by atoms with Crippen LogP contribution in [0.5, 0.6) is 11.5 Å². The zero-order chi connectivity index (χ0) is 25.6. The minimum atomic E-state index is -0.422. The van der Waals surface area contributed by atoms with Crippen molar-refractivity contribution in [2.24, 2.45) is 0 Å². The van der Waals surface area contributed by atoms with E-state index in [1.165, 1.54) is 17.5 Å². The summed E-state index contributed by atoms with van der Waals surface area (Å²) >= 11 is 1.40. The third kappa shape index (κ3) is 7.84. The van der Waals surface area contributed by atoms with E-state index >= 15 is 0 Å². The predicted octanol–water partition coefficient (Wildman–Crippen LogP) is 5.21. The molecule has 188 valence electrons. The fraction of sp³-hybridized carbons (Fsp3) is 0.385. The molecular formula is C26H33N3O5S. The molecule has 0 radical (unpaired) electrons. The second-order valence-electron chi connectivity index (χ2n) is 7.05. The minimum Gasteiger partial charge on any atom is -0.496 e. The Balaban J connectivity index is 0.00000210. The quantitative estimate of drug-likeness (QED) is 0.199. The molecule has 0 atom stereocenters. The van der Waals surface area contributed by atoms with Gasteiger partial charge < -0.3 is 28.8 Å². The number of carbonyl (C=O) groups is 1. The van der Waals surface area contributed by atoms with Crippen LogP contribution in [0, 0.1) is 12.3 Å². The van der Waals surface area contributed by atoms with Gasteiger partial charge in [0, 0.05) is 13.2 Å². The van der Waals surface area contributed by atoms with Crippen LogP contribution in [0.3, 0.4) is 0 Å². The van der Waals surface area contributed by atoms with Crippen LogP contribution < -0.4 is 19.5 Å². The number of methoxy groups -OCH3 is 2. The first-order valence-electron chi connectivity index (χ1n) is 11.5. The molecule has 1 amide bonds. The Morgan fingerprint density at radius 1 is 1.14 bits per heavy atom. The number of hydrogen-bond acceptors (Lipinski definition) is 8. The average molecular weight is 500 g/mol. The SMILES string of the molecule is C#CC(=O)NCCCOCc1cc(OC)c2c(NSc3cc(CC)ccc3OC)noc2c1.CC. The van der Waals surface area contributed by atoms with Crippen LogP contribution in [0.2, 0.25) is 0 Å². The molecule has 1 heterocycles. The van der Waals surface area contributed by atoms with Gasteiger partial charge in [0.1, 0.15) is 16.9 Å². The molecule has 0 fully saturated rings. The summed E-state index contributed by atoms with van der Waals surface area (Å²) in [5.41, 5.74) is 2.69. The van der Waals surface area contributed by atoms with Gasteiger partial charge in [-0.05, 0) is 66.1 Å². The van der Waals surface area contributed by atoms with E-state index in [2.05, 4.69) is 34.3 Å². The topological polar surface area (TPSA) is 94.9 Å². The van der Waals surface area contributed by atoms with E-state index in [0.29, 0.717) is 43.3 Å². The minimum absolute atomic E-state index is 0.370. The number of amides is 1. The first-order chi connectivity index (χ1) is 17.1. The zero-order valence-electron chi connectivity index (χ0n) is 20.9. The standard InChI is InChI=1S/C24H27N3O5S.C2H6/c1-5-16-8-9-18(29-3)21(14-16)33-27-24-23-19(30-4)12-17(13-20(23)32-26-24)15-31-11-7-10-25-22(28)6-2;1-2/h2,8-9,12-14H,5,7,10-11,15H2,1,3-4H3,(H,25,28)(H,26,27);1-2H3. The van der Waals surface area contributed by atoms with Gasteiger partial charge >= 0.3 is 0 Å². The van der Waals surface area contributed by atoms with E-state index < -0.39 is 5.91 Å². The number of carbonyl (C=O) groups excluding carboxylic acids is 1. The summed E-state index contributed by atoms with van der Waals surface area (Å²) in [4.78, 5) is 12.0. The summed E-state index contributed by atoms with van der Waals surface area (Å²) in [6, 6.07) is 9.87. The second-order valence-corrected chi connectivity index (χ2v) is 7.90. The molecule has 0 unspecified atom stereocenters. The van der Waals surface area contributed by atoms with E-state index in [1.54, 1.807) is 14.2 Å². The highest BCUT2D eigenvalue weighted by molar-refractivity contribution is 8.00. The highest BCUT2D eigenvalue weighted by atomic mass is 32.2. The van der Waals surface area contributed by atoms with Crippen LogP contribution in [0.15, 0.2) is 39.8 Å². The maximum Gasteiger partial charge on any atom is 0.295 e. The van der Waals surface area contributed by atoms with Crippen molar-refractivity contribution >= 4 is 34.6 Å². The largest absolute Gasteiger partial charge is 0.496 e. The number of ether oxygens (including phenoxy) is 3. The summed E-state index contributed by atoms with van der Waals surface area (Å²) in [7, 11) is 3.25. The lowest BCUT2D eigenvalue weighted by Gasteiger charge is -2.11. The van der Waals surface area contributed by atoms with Crippen molar-refractivity contribution in [2.45, 2.75) is 45.1 Å². The van der Waals surface area contributed by atoms with E-state index in [1.807, 2.05) is 38.0 Å². The molecule has 0 spiro atoms. The van der Waals surface area contributed by atoms with Crippen LogP contribution in [0.1, 0.15) is 38.3 Å². The van der Waals surface area contributed by atoms with Gasteiger partial charge in [-0.1, -0.05) is 32.0 Å². The third-order valence-corrected chi connectivity index (χ3v) is 5.70. The molecule has 2 aromatic carbocycles. The molecule has 0 aliphatic rings. The lowest BCUT2D eigenvalue weighted by Crippen LogP contribution is -2.23. The van der Waals surface area contributed by atoms with Crippen molar-refractivity contribution in [1.29, 1.82) is 0 Å². The fourth-order valence-electron chi connectivity index (χ4n) is 3.15. The molecule has 0 saturated carbocycles. The van der Waals surface area contributed by atoms with Crippen molar-refractivity contribution in [3.05, 3.63) is 41.5 Å². The first kappa shape index (κ1) is 27.9. The molecule has 2 N–H and O–H groups in total. The Labute approximate surface area is 211 Å². The number of aromatic nitrogens is 1. The normalized spacial score (nSPS) is 10.2. The Bertz CT molecular complexity index is 1140. The molecule has 0 bridgehead atoms. The fourth-order valence-corrected chi connectivity index (χ4v) is 3.95. The Hall–Kier alpha value is -3.35. The number of rotatable bonds is 12. The maximum atomic E-state index is 11.0. The molecule has 35 heavy (non-hydrogen) atoms. The van der Waals surface area contributed by atoms with Gasteiger partial charge in [-0.3, -0.25) is 4.79 Å². The molecule has 0 aliphatic carbocycles. The zero-order valence-corrected chi connectivity index (χ0v) is 21.7. The summed E-state index contributed by atoms with van der Waals surface area (Å²) in [6.45, 7) is 7.42. The molecular weight excluding hydrogens is 466 g/mol. The monoisotopic (exact) mass is 499 g/mol. The van der Waals surface area contributed by atoms with Crippen LogP contribution in [-0.4, -0.2) is 38.4 Å². The third-order valence-electron chi connectivity index (χ3n) is 4.86. The number of hydrogen-bond donors (Lipinski definition) is 2. The average Bonchev–Trinajstić information content (AvgIpc) is 3.32. The van der Waals surface area contributed by atoms with Crippen molar-refractivity contribution in [3.63, 3.8) is 0 Å². The van der Waals surface area contributed by atoms with Gasteiger partial charge in [0.25, 0.3) is 5.91 Å². The van der Waals surface area contributed by atoms with Gasteiger partial charge in [0.15, 0.2) is 11.4 Å². The van der Waals surface area contributed by atoms with E-state index in [4.69, 9.17) is 25.2 Å². The molecule has 3 rings (SSSR count). The highest BCUT2D eigenvalue weighted by Gasteiger charge is 2.16. The lowest BCUT2D eigenvalue weighted by molar-refractivity contribution is -0.115. The Morgan fingerprint density at radius 3 is 2.60 bits per heavy atom. The van der Waals surface area contributed by atoms with Gasteiger partial charge in [0.2, 0.25) is 0 Å². The second kappa shape index (κ2) is 14.8. The van der Waals surface area contributed by atoms with Crippen molar-refractivity contribution in [3.8, 4) is 23.8 Å². The van der Waals surface area contributed by atoms with E-state index in [0.717, 1.165) is 28.0 Å². The number of nitrogens with one attached hydrogen (secondary N) is 2. The highest BCUT2D eigenvalue weighted by Crippen LogP contribution is 2.37. The van der Waals surface area contributed by atoms with Crippen molar-refractivity contribution in [2.75, 3.05) is 32.1 Å². The Morgan fingerprint density at radius 2 is 1.91 bits per heavy atom. The first-order valence-corrected chi connectivity index (χ1v) is 12.3. The van der Waals surface area contributed by atoms with Crippen LogP contribution in [0.4, 0.5) is 5.82 Å². The van der Waals surface area contributed by atoms with Gasteiger partial charge in [0.05, 0.1) is 25.7 Å². The van der Waals surface area contributed by atoms with E-state index in [9.17, 15) is 4.79 Å². The molecule has 8 nitrogen and oxygen atoms in total. The van der Waals surface area contributed by atoms with E-state index in [-0.39, 0.29) is 0 Å². The van der Waals surface area contributed by atoms with Crippen molar-refractivity contribution in [1.82, 2.24) is 10.5 Å². The Kier molecular flexibility index (Phi) is 11.8. The van der Waals surface area contributed by atoms with Crippen molar-refractivity contribution < 1.29 is 23.5 Å². The molecule has 0 aliphatic heterocycles. The summed E-state index contributed by atoms with van der Waals surface area (Å²) < 4.78 is 25.6. The van der Waals surface area contributed by atoms with Gasteiger partial charge in [-0.2, -0.15) is 0 Å². The molecule has 3 aromatic rings. The number of aryl methyl sites for hydroxylation is 1. The summed E-state index contributed by atoms with van der Waals surface area (Å²) in [5.74, 6) is 3.56. The number of fused-ring (bicyclic) bond motifs is 1. The predicted molar refractivity (Wildman–Crippen MR) is 140 cm³/mol. The molecule has 9 heteroatoms. The molecule has 0 saturated heterocycles. The van der Waals surface area contributed by atoms with Gasteiger partial charge in [-0.15, -0.1) is 6.42 Å². The van der Waals surface area contributed by atoms with Crippen LogP contribution in [0.25, 0.3) is 11.0 Å². The summed E-state index contributed by atoms with van der Waals surface area (Å²) in [5, 5.41) is 7.52. The maximum absolute atomic E-state index is 11.0. The smallest absolute Gasteiger partial charge is 0.295 e. The van der Waals surface area contributed by atoms with Crippen LogP contribution in [-0.2, 0) is 22.6 Å². The summed E-state index contributed by atoms with van der Waals surface area (Å²) in [6.07, 6.45) is 6.60. The van der Waals surface area contributed by atoms with Gasteiger partial charge in [-0.25, -0.2) is 0 Å². The number of terminal acetylenes is 1. The van der Waals surface area contributed by atoms with Crippen LogP contribution >= 0.6 is 11.9 Å². The lowest BCUT2D eigenvalue weighted by atomic mass is 10.1. The number of anilines is 1.